The first-order valence-electron chi connectivity index (χ1n) is 5.22. The van der Waals surface area contributed by atoms with Crippen LogP contribution in [0.1, 0.15) is 24.9 Å². The van der Waals surface area contributed by atoms with Gasteiger partial charge >= 0.3 is 0 Å². The van der Waals surface area contributed by atoms with Gasteiger partial charge in [0.25, 0.3) is 0 Å². The lowest BCUT2D eigenvalue weighted by atomic mass is 10.0. The van der Waals surface area contributed by atoms with E-state index in [-0.39, 0.29) is 6.04 Å². The van der Waals surface area contributed by atoms with Gasteiger partial charge in [-0.3, -0.25) is 0 Å². The third-order valence-corrected chi connectivity index (χ3v) is 3.51. The average Bonchev–Trinajstić information content (AvgIpc) is 2.95. The zero-order valence-electron chi connectivity index (χ0n) is 9.03. The van der Waals surface area contributed by atoms with Gasteiger partial charge in [0, 0.05) is 6.04 Å². The first-order chi connectivity index (χ1) is 7.13. The summed E-state index contributed by atoms with van der Waals surface area (Å²) in [6.45, 7) is 2.23. The third kappa shape index (κ3) is 2.11. The predicted molar refractivity (Wildman–Crippen MR) is 62.2 cm³/mol. The molecule has 1 aliphatic rings. The summed E-state index contributed by atoms with van der Waals surface area (Å²) in [6.07, 6.45) is 1.23. The van der Waals surface area contributed by atoms with Gasteiger partial charge in [-0.05, 0) is 36.0 Å². The van der Waals surface area contributed by atoms with Crippen molar-refractivity contribution in [2.24, 2.45) is 17.6 Å². The van der Waals surface area contributed by atoms with E-state index in [0.717, 1.165) is 11.5 Å². The Hall–Kier alpha value is -0.730. The van der Waals surface area contributed by atoms with Gasteiger partial charge in [0.05, 0.1) is 12.1 Å². The van der Waals surface area contributed by atoms with Crippen LogP contribution in [0.2, 0.25) is 5.02 Å². The highest BCUT2D eigenvalue weighted by Crippen LogP contribution is 2.46. The van der Waals surface area contributed by atoms with Crippen LogP contribution in [0.25, 0.3) is 0 Å². The number of hydrogen-bond acceptors (Lipinski definition) is 2. The lowest BCUT2D eigenvalue weighted by molar-refractivity contribution is 0.413. The summed E-state index contributed by atoms with van der Waals surface area (Å²) >= 11 is 5.96. The van der Waals surface area contributed by atoms with E-state index in [4.69, 9.17) is 22.1 Å². The summed E-state index contributed by atoms with van der Waals surface area (Å²) in [5, 5.41) is 0.636. The van der Waals surface area contributed by atoms with Crippen LogP contribution in [0.5, 0.6) is 5.75 Å². The molecule has 1 aromatic rings. The van der Waals surface area contributed by atoms with Crippen molar-refractivity contribution < 1.29 is 4.74 Å². The fourth-order valence-corrected chi connectivity index (χ4v) is 2.18. The van der Waals surface area contributed by atoms with Gasteiger partial charge in [-0.15, -0.1) is 0 Å². The van der Waals surface area contributed by atoms with Crippen LogP contribution >= 0.6 is 11.6 Å². The molecule has 1 fully saturated rings. The molecule has 0 aliphatic heterocycles. The van der Waals surface area contributed by atoms with Gasteiger partial charge in [0.15, 0.2) is 0 Å². The molecular weight excluding hydrogens is 210 g/mol. The third-order valence-electron chi connectivity index (χ3n) is 3.19. The first kappa shape index (κ1) is 10.8. The average molecular weight is 226 g/mol. The highest BCUT2D eigenvalue weighted by Gasteiger charge is 2.38. The van der Waals surface area contributed by atoms with E-state index in [1.54, 1.807) is 7.11 Å². The van der Waals surface area contributed by atoms with Crippen LogP contribution in [0.4, 0.5) is 0 Å². The zero-order chi connectivity index (χ0) is 11.0. The molecule has 0 aromatic heterocycles. The number of ether oxygens (including phenoxy) is 1. The van der Waals surface area contributed by atoms with E-state index in [2.05, 4.69) is 6.92 Å². The Labute approximate surface area is 95.4 Å². The van der Waals surface area contributed by atoms with Crippen molar-refractivity contribution in [2.75, 3.05) is 7.11 Å². The van der Waals surface area contributed by atoms with Crippen LogP contribution < -0.4 is 10.5 Å². The minimum Gasteiger partial charge on any atom is -0.495 e. The van der Waals surface area contributed by atoms with Gasteiger partial charge in [-0.2, -0.15) is 0 Å². The number of methoxy groups -OCH3 is 1. The summed E-state index contributed by atoms with van der Waals surface area (Å²) in [7, 11) is 1.62. The molecule has 3 heteroatoms. The van der Waals surface area contributed by atoms with Gasteiger partial charge in [0.1, 0.15) is 5.75 Å². The topological polar surface area (TPSA) is 35.2 Å². The van der Waals surface area contributed by atoms with Crippen molar-refractivity contribution in [2.45, 2.75) is 19.4 Å². The van der Waals surface area contributed by atoms with Crippen molar-refractivity contribution in [1.82, 2.24) is 0 Å². The molecule has 0 saturated heterocycles. The first-order valence-corrected chi connectivity index (χ1v) is 5.60. The molecular formula is C12H16ClNO. The molecule has 2 N–H and O–H groups in total. The molecule has 15 heavy (non-hydrogen) atoms. The van der Waals surface area contributed by atoms with Crippen LogP contribution in [0.15, 0.2) is 18.2 Å². The molecule has 0 amide bonds. The zero-order valence-corrected chi connectivity index (χ0v) is 9.79. The van der Waals surface area contributed by atoms with Gasteiger partial charge in [-0.25, -0.2) is 0 Å². The van der Waals surface area contributed by atoms with Gasteiger partial charge in [0.2, 0.25) is 0 Å². The van der Waals surface area contributed by atoms with Crippen molar-refractivity contribution in [3.8, 4) is 5.75 Å². The lowest BCUT2D eigenvalue weighted by Gasteiger charge is -2.13. The van der Waals surface area contributed by atoms with Gasteiger partial charge < -0.3 is 10.5 Å². The molecule has 0 bridgehead atoms. The predicted octanol–water partition coefficient (Wildman–Crippen LogP) is 3.00. The maximum atomic E-state index is 6.17. The fourth-order valence-electron chi connectivity index (χ4n) is 1.98. The lowest BCUT2D eigenvalue weighted by Crippen LogP contribution is -2.13. The maximum absolute atomic E-state index is 6.17. The number of benzene rings is 1. The minimum atomic E-state index is 0.117. The van der Waals surface area contributed by atoms with E-state index in [1.807, 2.05) is 18.2 Å². The Morgan fingerprint density at radius 1 is 1.53 bits per heavy atom. The van der Waals surface area contributed by atoms with Crippen molar-refractivity contribution >= 4 is 11.6 Å². The SMILES string of the molecule is COc1cc(C(N)C2CC2C)ccc1Cl. The highest BCUT2D eigenvalue weighted by molar-refractivity contribution is 6.32. The van der Waals surface area contributed by atoms with Crippen molar-refractivity contribution in [3.63, 3.8) is 0 Å². The van der Waals surface area contributed by atoms with E-state index in [9.17, 15) is 0 Å². The summed E-state index contributed by atoms with van der Waals surface area (Å²) in [5.41, 5.74) is 7.28. The molecule has 1 saturated carbocycles. The van der Waals surface area contributed by atoms with E-state index in [1.165, 1.54) is 6.42 Å². The molecule has 1 aliphatic carbocycles. The van der Waals surface area contributed by atoms with Gasteiger partial charge in [-0.1, -0.05) is 24.6 Å². The molecule has 0 heterocycles. The smallest absolute Gasteiger partial charge is 0.137 e. The molecule has 0 spiro atoms. The normalized spacial score (nSPS) is 26.1. The quantitative estimate of drug-likeness (QED) is 0.859. The highest BCUT2D eigenvalue weighted by atomic mass is 35.5. The summed E-state index contributed by atoms with van der Waals surface area (Å²) in [4.78, 5) is 0. The largest absolute Gasteiger partial charge is 0.495 e. The Kier molecular flexibility index (Phi) is 2.89. The number of rotatable bonds is 3. The molecule has 2 nitrogen and oxygen atoms in total. The standard InChI is InChI=1S/C12H16ClNO/c1-7-5-9(7)12(14)8-3-4-10(13)11(6-8)15-2/h3-4,6-7,9,12H,5,14H2,1-2H3. The van der Waals surface area contributed by atoms with Crippen LogP contribution in [-0.4, -0.2) is 7.11 Å². The second-order valence-electron chi connectivity index (χ2n) is 4.30. The van der Waals surface area contributed by atoms with Crippen molar-refractivity contribution in [3.05, 3.63) is 28.8 Å². The monoisotopic (exact) mass is 225 g/mol. The molecule has 3 unspecified atom stereocenters. The number of hydrogen-bond donors (Lipinski definition) is 1. The van der Waals surface area contributed by atoms with Crippen LogP contribution in [0, 0.1) is 11.8 Å². The van der Waals surface area contributed by atoms with Crippen LogP contribution in [0.3, 0.4) is 0 Å². The van der Waals surface area contributed by atoms with E-state index < -0.39 is 0 Å². The van der Waals surface area contributed by atoms with E-state index >= 15 is 0 Å². The number of nitrogens with two attached hydrogens (primary N) is 1. The Balaban J connectivity index is 2.21. The summed E-state index contributed by atoms with van der Waals surface area (Å²) in [6, 6.07) is 5.90. The molecule has 3 atom stereocenters. The molecule has 1 aromatic carbocycles. The van der Waals surface area contributed by atoms with Crippen LogP contribution in [-0.2, 0) is 0 Å². The summed E-state index contributed by atoms with van der Waals surface area (Å²) in [5.74, 6) is 2.08. The second kappa shape index (κ2) is 4.03. The second-order valence-corrected chi connectivity index (χ2v) is 4.70. The van der Waals surface area contributed by atoms with E-state index in [0.29, 0.717) is 16.7 Å². The Morgan fingerprint density at radius 2 is 2.20 bits per heavy atom. The summed E-state index contributed by atoms with van der Waals surface area (Å²) < 4.78 is 5.18. The molecule has 0 radical (unpaired) electrons. The Bertz CT molecular complexity index is 367. The molecule has 82 valence electrons. The Morgan fingerprint density at radius 3 is 2.73 bits per heavy atom. The number of halogens is 1. The van der Waals surface area contributed by atoms with Crippen molar-refractivity contribution in [1.29, 1.82) is 0 Å². The maximum Gasteiger partial charge on any atom is 0.137 e. The minimum absolute atomic E-state index is 0.117. The molecule has 2 rings (SSSR count). The fraction of sp³-hybridized carbons (Fsp3) is 0.500.